The van der Waals surface area contributed by atoms with Crippen molar-refractivity contribution in [2.75, 3.05) is 20.3 Å². The van der Waals surface area contributed by atoms with Gasteiger partial charge >= 0.3 is 5.97 Å². The number of aliphatic imine (C=N–C) groups is 1. The predicted octanol–water partition coefficient (Wildman–Crippen LogP) is 4.48. The average Bonchev–Trinajstić information content (AvgIpc) is 2.76. The van der Waals surface area contributed by atoms with Gasteiger partial charge in [0.25, 0.3) is 5.91 Å². The molecule has 1 amide bonds. The van der Waals surface area contributed by atoms with Gasteiger partial charge in [0.05, 0.1) is 30.1 Å². The third-order valence-electron chi connectivity index (χ3n) is 5.98. The molecule has 0 spiro atoms. The number of ether oxygens (including phenoxy) is 4. The summed E-state index contributed by atoms with van der Waals surface area (Å²) in [5.74, 6) is 0.289. The Labute approximate surface area is 197 Å². The van der Waals surface area contributed by atoms with E-state index in [0.717, 1.165) is 29.9 Å². The minimum Gasteiger partial charge on any atom is -0.490 e. The quantitative estimate of drug-likeness (QED) is 0.242. The molecule has 2 rings (SSSR count). The van der Waals surface area contributed by atoms with Gasteiger partial charge in [-0.15, -0.1) is 0 Å². The minimum absolute atomic E-state index is 0.0484. The molecule has 0 aromatic carbocycles. The van der Waals surface area contributed by atoms with E-state index in [2.05, 4.69) is 30.6 Å². The van der Waals surface area contributed by atoms with Crippen molar-refractivity contribution in [1.29, 1.82) is 0 Å². The van der Waals surface area contributed by atoms with E-state index >= 15 is 0 Å². The van der Waals surface area contributed by atoms with E-state index in [1.165, 1.54) is 19.1 Å². The Kier molecular flexibility index (Phi) is 10.3. The van der Waals surface area contributed by atoms with Crippen molar-refractivity contribution in [3.63, 3.8) is 0 Å². The van der Waals surface area contributed by atoms with E-state index in [1.807, 2.05) is 19.9 Å². The van der Waals surface area contributed by atoms with Gasteiger partial charge in [0.1, 0.15) is 12.4 Å². The van der Waals surface area contributed by atoms with Gasteiger partial charge in [-0.05, 0) is 57.3 Å². The lowest BCUT2D eigenvalue weighted by molar-refractivity contribution is -0.139. The molecule has 2 fully saturated rings. The molecule has 2 aliphatic heterocycles. The van der Waals surface area contributed by atoms with E-state index in [1.54, 1.807) is 7.11 Å². The van der Waals surface area contributed by atoms with Crippen molar-refractivity contribution in [1.82, 2.24) is 0 Å². The second kappa shape index (κ2) is 12.7. The van der Waals surface area contributed by atoms with E-state index < -0.39 is 0 Å². The SMILES string of the molecule is COC1(C)CCOC(=C=C/C(C)=C/CC2OC(C)C(=NC(=O)/C=C\COC(C)=O)CC2C)C1. The lowest BCUT2D eigenvalue weighted by Crippen LogP contribution is -2.39. The summed E-state index contributed by atoms with van der Waals surface area (Å²) in [7, 11) is 1.73. The molecule has 4 unspecified atom stereocenters. The fourth-order valence-electron chi connectivity index (χ4n) is 3.71. The first-order valence-electron chi connectivity index (χ1n) is 11.5. The first-order chi connectivity index (χ1) is 15.6. The van der Waals surface area contributed by atoms with Crippen LogP contribution in [0.1, 0.15) is 60.3 Å². The van der Waals surface area contributed by atoms with Gasteiger partial charge in [-0.1, -0.05) is 18.7 Å². The lowest BCUT2D eigenvalue weighted by Gasteiger charge is -2.34. The highest BCUT2D eigenvalue weighted by molar-refractivity contribution is 6.02. The van der Waals surface area contributed by atoms with Crippen molar-refractivity contribution in [3.8, 4) is 0 Å². The van der Waals surface area contributed by atoms with E-state index in [9.17, 15) is 9.59 Å². The molecule has 0 bridgehead atoms. The van der Waals surface area contributed by atoms with Crippen LogP contribution in [-0.4, -0.2) is 55.7 Å². The molecule has 4 atom stereocenters. The first kappa shape index (κ1) is 26.8. The van der Waals surface area contributed by atoms with Gasteiger partial charge in [-0.25, -0.2) is 4.99 Å². The molecular weight excluding hydrogens is 422 g/mol. The molecular formula is C26H37NO6. The highest BCUT2D eigenvalue weighted by atomic mass is 16.5. The highest BCUT2D eigenvalue weighted by Crippen LogP contribution is 2.29. The zero-order chi connectivity index (χ0) is 24.4. The summed E-state index contributed by atoms with van der Waals surface area (Å²) in [5, 5.41) is 0. The van der Waals surface area contributed by atoms with Crippen LogP contribution in [0.4, 0.5) is 0 Å². The zero-order valence-corrected chi connectivity index (χ0v) is 20.7. The summed E-state index contributed by atoms with van der Waals surface area (Å²) in [6, 6.07) is 0. The molecule has 0 radical (unpaired) electrons. The fraction of sp³-hybridized carbons (Fsp3) is 0.615. The fourth-order valence-corrected chi connectivity index (χ4v) is 3.71. The summed E-state index contributed by atoms with van der Waals surface area (Å²) in [5.41, 5.74) is 4.90. The summed E-state index contributed by atoms with van der Waals surface area (Å²) >= 11 is 0. The smallest absolute Gasteiger partial charge is 0.302 e. The number of carbonyl (C=O) groups excluding carboxylic acids is 2. The summed E-state index contributed by atoms with van der Waals surface area (Å²) in [6.07, 6.45) is 9.77. The topological polar surface area (TPSA) is 83.4 Å². The van der Waals surface area contributed by atoms with E-state index in [4.69, 9.17) is 18.9 Å². The maximum absolute atomic E-state index is 12.1. The van der Waals surface area contributed by atoms with Crippen LogP contribution < -0.4 is 0 Å². The molecule has 0 saturated carbocycles. The second-order valence-electron chi connectivity index (χ2n) is 8.97. The van der Waals surface area contributed by atoms with Gasteiger partial charge in [-0.2, -0.15) is 0 Å². The summed E-state index contributed by atoms with van der Waals surface area (Å²) in [4.78, 5) is 27.0. The molecule has 2 saturated heterocycles. The molecule has 0 aromatic rings. The van der Waals surface area contributed by atoms with Gasteiger partial charge in [0.15, 0.2) is 0 Å². The van der Waals surface area contributed by atoms with Gasteiger partial charge < -0.3 is 18.9 Å². The van der Waals surface area contributed by atoms with Crippen molar-refractivity contribution in [2.45, 2.75) is 78.1 Å². The Hall–Kier alpha value is -2.47. The van der Waals surface area contributed by atoms with Crippen LogP contribution in [0.15, 0.2) is 46.4 Å². The number of hydrogen-bond donors (Lipinski definition) is 0. The number of allylic oxidation sites excluding steroid dienone is 1. The standard InChI is InChI=1S/C26H37NO6/c1-18(9-11-22-17-26(5,30-6)13-15-32-22)10-12-24-19(2)16-23(20(3)33-24)27-25(29)8-7-14-31-21(4)28/h7-10,19-20,24H,12-17H2,1-6H3/b8-7-,18-10+,27-23?. The zero-order valence-electron chi connectivity index (χ0n) is 20.7. The second-order valence-corrected chi connectivity index (χ2v) is 8.97. The molecule has 0 aromatic heterocycles. The van der Waals surface area contributed by atoms with Crippen LogP contribution in [-0.2, 0) is 28.5 Å². The molecule has 7 nitrogen and oxygen atoms in total. The molecule has 2 aliphatic rings. The maximum atomic E-state index is 12.1. The van der Waals surface area contributed by atoms with Gasteiger partial charge in [0, 0.05) is 33.0 Å². The van der Waals surface area contributed by atoms with Crippen LogP contribution >= 0.6 is 0 Å². The lowest BCUT2D eigenvalue weighted by atomic mass is 9.90. The molecule has 33 heavy (non-hydrogen) atoms. The average molecular weight is 460 g/mol. The number of amides is 1. The molecule has 182 valence electrons. The predicted molar refractivity (Wildman–Crippen MR) is 127 cm³/mol. The first-order valence-corrected chi connectivity index (χ1v) is 11.5. The molecule has 7 heteroatoms. The monoisotopic (exact) mass is 459 g/mol. The Morgan fingerprint density at radius 1 is 1.30 bits per heavy atom. The number of rotatable bonds is 7. The number of hydrogen-bond acceptors (Lipinski definition) is 6. The Bertz CT molecular complexity index is 864. The number of nitrogens with zero attached hydrogens (tertiary/aromatic N) is 1. The van der Waals surface area contributed by atoms with Crippen LogP contribution in [0.3, 0.4) is 0 Å². The highest BCUT2D eigenvalue weighted by Gasteiger charge is 2.31. The maximum Gasteiger partial charge on any atom is 0.302 e. The van der Waals surface area contributed by atoms with E-state index in [-0.39, 0.29) is 42.2 Å². The number of methoxy groups -OCH3 is 1. The van der Waals surface area contributed by atoms with Crippen molar-refractivity contribution in [3.05, 3.63) is 41.4 Å². The Morgan fingerprint density at radius 2 is 2.06 bits per heavy atom. The van der Waals surface area contributed by atoms with Crippen LogP contribution in [0.2, 0.25) is 0 Å². The van der Waals surface area contributed by atoms with Gasteiger partial charge in [0.2, 0.25) is 0 Å². The minimum atomic E-state index is -0.389. The van der Waals surface area contributed by atoms with Crippen molar-refractivity contribution >= 4 is 17.6 Å². The number of esters is 1. The third kappa shape index (κ3) is 9.12. The normalized spacial score (nSPS) is 29.5. The number of carbonyl (C=O) groups is 2. The Morgan fingerprint density at radius 3 is 2.76 bits per heavy atom. The summed E-state index contributed by atoms with van der Waals surface area (Å²) < 4.78 is 22.2. The van der Waals surface area contributed by atoms with Crippen molar-refractivity contribution < 1.29 is 28.5 Å². The van der Waals surface area contributed by atoms with Crippen LogP contribution in [0, 0.1) is 5.92 Å². The summed E-state index contributed by atoms with van der Waals surface area (Å²) in [6.45, 7) is 10.2. The van der Waals surface area contributed by atoms with Crippen molar-refractivity contribution in [2.24, 2.45) is 10.9 Å². The molecule has 0 aliphatic carbocycles. The van der Waals surface area contributed by atoms with E-state index in [0.29, 0.717) is 19.4 Å². The van der Waals surface area contributed by atoms with Gasteiger partial charge in [-0.3, -0.25) is 9.59 Å². The molecule has 2 heterocycles. The van der Waals surface area contributed by atoms with Crippen LogP contribution in [0.25, 0.3) is 0 Å². The molecule has 0 N–H and O–H groups in total. The van der Waals surface area contributed by atoms with Crippen LogP contribution in [0.5, 0.6) is 0 Å². The third-order valence-corrected chi connectivity index (χ3v) is 5.98. The Balaban J connectivity index is 1.92. The largest absolute Gasteiger partial charge is 0.490 e.